The topological polar surface area (TPSA) is 41.9 Å². The Bertz CT molecular complexity index is 502. The van der Waals surface area contributed by atoms with Gasteiger partial charge in [0.25, 0.3) is 0 Å². The highest BCUT2D eigenvalue weighted by molar-refractivity contribution is 5.22. The van der Waals surface area contributed by atoms with E-state index < -0.39 is 5.60 Å². The summed E-state index contributed by atoms with van der Waals surface area (Å²) >= 11 is 0. The molecule has 0 aromatic heterocycles. The van der Waals surface area contributed by atoms with Gasteiger partial charge in [0.2, 0.25) is 0 Å². The Labute approximate surface area is 143 Å². The average molecular weight is 337 g/mol. The minimum atomic E-state index is -1.03. The molecule has 1 aliphatic carbocycles. The minimum Gasteiger partial charge on any atom is -0.490 e. The van der Waals surface area contributed by atoms with Gasteiger partial charge >= 0.3 is 0 Å². The maximum atomic E-state index is 13.0. The van der Waals surface area contributed by atoms with Crippen molar-refractivity contribution in [2.45, 2.75) is 50.2 Å². The van der Waals surface area contributed by atoms with Crippen molar-refractivity contribution in [3.8, 4) is 5.75 Å². The molecule has 1 aliphatic heterocycles. The normalized spacial score (nSPS) is 27.4. The summed E-state index contributed by atoms with van der Waals surface area (Å²) in [7, 11) is 0. The molecule has 0 bridgehead atoms. The molecule has 0 spiro atoms. The van der Waals surface area contributed by atoms with Gasteiger partial charge in [0.1, 0.15) is 23.8 Å². The minimum absolute atomic E-state index is 0.155. The van der Waals surface area contributed by atoms with Crippen LogP contribution in [-0.4, -0.2) is 54.6 Å². The quantitative estimate of drug-likeness (QED) is 0.858. The van der Waals surface area contributed by atoms with Gasteiger partial charge in [-0.25, -0.2) is 4.39 Å². The van der Waals surface area contributed by atoms with Gasteiger partial charge in [-0.05, 0) is 37.1 Å². The van der Waals surface area contributed by atoms with Crippen LogP contribution in [0, 0.1) is 5.82 Å². The number of aliphatic hydroxyl groups is 1. The zero-order chi connectivity index (χ0) is 16.8. The molecule has 1 aromatic rings. The van der Waals surface area contributed by atoms with E-state index in [-0.39, 0.29) is 19.0 Å². The highest BCUT2D eigenvalue weighted by atomic mass is 19.1. The van der Waals surface area contributed by atoms with Crippen LogP contribution < -0.4 is 4.74 Å². The second-order valence-corrected chi connectivity index (χ2v) is 7.14. The fourth-order valence-corrected chi connectivity index (χ4v) is 3.72. The second-order valence-electron chi connectivity index (χ2n) is 7.14. The predicted octanol–water partition coefficient (Wildman–Crippen LogP) is 2.99. The number of β-amino-alcohol motifs (C(OH)–C–C–N with tert-alkyl or cyclic N) is 1. The van der Waals surface area contributed by atoms with Gasteiger partial charge < -0.3 is 14.6 Å². The molecule has 0 radical (unpaired) electrons. The van der Waals surface area contributed by atoms with Gasteiger partial charge in [-0.2, -0.15) is 0 Å². The lowest BCUT2D eigenvalue weighted by atomic mass is 10.0. The molecule has 0 amide bonds. The average Bonchev–Trinajstić information content (AvgIpc) is 2.96. The van der Waals surface area contributed by atoms with Crippen LogP contribution in [0.15, 0.2) is 24.3 Å². The standard InChI is InChI=1S/C19H28FNO3/c20-16-7-9-18(10-8-16)24-15-19(22)13-21(11-12-23-14-19)17-5-3-1-2-4-6-17/h7-10,17,22H,1-6,11-15H2/t19-/m1/s1. The molecule has 5 heteroatoms. The first-order chi connectivity index (χ1) is 11.6. The van der Waals surface area contributed by atoms with Crippen LogP contribution in [0.1, 0.15) is 38.5 Å². The largest absolute Gasteiger partial charge is 0.490 e. The van der Waals surface area contributed by atoms with Crippen LogP contribution in [0.3, 0.4) is 0 Å². The van der Waals surface area contributed by atoms with Gasteiger partial charge in [-0.15, -0.1) is 0 Å². The lowest BCUT2D eigenvalue weighted by Gasteiger charge is -2.35. The molecule has 3 rings (SSSR count). The Hall–Kier alpha value is -1.17. The van der Waals surface area contributed by atoms with E-state index in [4.69, 9.17) is 9.47 Å². The molecular weight excluding hydrogens is 309 g/mol. The van der Waals surface area contributed by atoms with E-state index in [0.717, 1.165) is 6.54 Å². The number of hydrogen-bond acceptors (Lipinski definition) is 4. The number of rotatable bonds is 4. The first kappa shape index (κ1) is 17.6. The van der Waals surface area contributed by atoms with Crippen molar-refractivity contribution in [2.24, 2.45) is 0 Å². The molecule has 1 atom stereocenters. The van der Waals surface area contributed by atoms with E-state index in [1.54, 1.807) is 12.1 Å². The molecule has 0 unspecified atom stereocenters. The summed E-state index contributed by atoms with van der Waals surface area (Å²) in [5.74, 6) is 0.272. The molecule has 1 saturated heterocycles. The van der Waals surface area contributed by atoms with Crippen LogP contribution in [0.25, 0.3) is 0 Å². The number of hydrogen-bond donors (Lipinski definition) is 1. The molecular formula is C19H28FNO3. The van der Waals surface area contributed by atoms with Crippen molar-refractivity contribution in [3.05, 3.63) is 30.1 Å². The van der Waals surface area contributed by atoms with Crippen LogP contribution in [-0.2, 0) is 4.74 Å². The Morgan fingerprint density at radius 1 is 1.17 bits per heavy atom. The first-order valence-electron chi connectivity index (χ1n) is 9.07. The van der Waals surface area contributed by atoms with Crippen molar-refractivity contribution in [1.82, 2.24) is 4.90 Å². The zero-order valence-electron chi connectivity index (χ0n) is 14.3. The Morgan fingerprint density at radius 3 is 2.58 bits per heavy atom. The molecule has 24 heavy (non-hydrogen) atoms. The first-order valence-corrected chi connectivity index (χ1v) is 9.07. The van der Waals surface area contributed by atoms with Crippen molar-refractivity contribution < 1.29 is 19.0 Å². The van der Waals surface area contributed by atoms with Gasteiger partial charge in [-0.3, -0.25) is 4.90 Å². The van der Waals surface area contributed by atoms with Gasteiger partial charge in [0.05, 0.1) is 13.2 Å². The third kappa shape index (κ3) is 4.91. The fraction of sp³-hybridized carbons (Fsp3) is 0.684. The highest BCUT2D eigenvalue weighted by Gasteiger charge is 2.36. The number of nitrogens with zero attached hydrogens (tertiary/aromatic N) is 1. The summed E-state index contributed by atoms with van der Waals surface area (Å²) in [5.41, 5.74) is -1.03. The van der Waals surface area contributed by atoms with Gasteiger partial charge in [0, 0.05) is 19.1 Å². The van der Waals surface area contributed by atoms with Crippen molar-refractivity contribution >= 4 is 0 Å². The van der Waals surface area contributed by atoms with Crippen LogP contribution in [0.5, 0.6) is 5.75 Å². The molecule has 2 aliphatic rings. The third-order valence-corrected chi connectivity index (χ3v) is 5.05. The maximum absolute atomic E-state index is 13.0. The van der Waals surface area contributed by atoms with E-state index in [1.165, 1.54) is 50.7 Å². The summed E-state index contributed by atoms with van der Waals surface area (Å²) in [6, 6.07) is 6.42. The summed E-state index contributed by atoms with van der Waals surface area (Å²) in [4.78, 5) is 2.38. The van der Waals surface area contributed by atoms with Crippen molar-refractivity contribution in [1.29, 1.82) is 0 Å². The number of halogens is 1. The molecule has 1 heterocycles. The van der Waals surface area contributed by atoms with Crippen LogP contribution in [0.2, 0.25) is 0 Å². The molecule has 1 aromatic carbocycles. The van der Waals surface area contributed by atoms with Crippen molar-refractivity contribution in [2.75, 3.05) is 32.9 Å². The highest BCUT2D eigenvalue weighted by Crippen LogP contribution is 2.25. The van der Waals surface area contributed by atoms with E-state index in [1.807, 2.05) is 0 Å². The van der Waals surface area contributed by atoms with Crippen LogP contribution in [0.4, 0.5) is 4.39 Å². The predicted molar refractivity (Wildman–Crippen MR) is 90.7 cm³/mol. The molecule has 1 saturated carbocycles. The molecule has 4 nitrogen and oxygen atoms in total. The van der Waals surface area contributed by atoms with E-state index in [0.29, 0.717) is 24.9 Å². The molecule has 134 valence electrons. The van der Waals surface area contributed by atoms with E-state index >= 15 is 0 Å². The Kier molecular flexibility index (Phi) is 6.09. The zero-order valence-corrected chi connectivity index (χ0v) is 14.3. The number of benzene rings is 1. The maximum Gasteiger partial charge on any atom is 0.134 e. The smallest absolute Gasteiger partial charge is 0.134 e. The number of ether oxygens (including phenoxy) is 2. The Morgan fingerprint density at radius 2 is 1.88 bits per heavy atom. The lowest BCUT2D eigenvalue weighted by molar-refractivity contribution is -0.0675. The fourth-order valence-electron chi connectivity index (χ4n) is 3.72. The van der Waals surface area contributed by atoms with Crippen LogP contribution >= 0.6 is 0 Å². The lowest BCUT2D eigenvalue weighted by Crippen LogP contribution is -2.51. The monoisotopic (exact) mass is 337 g/mol. The van der Waals surface area contributed by atoms with Gasteiger partial charge in [-0.1, -0.05) is 25.7 Å². The summed E-state index contributed by atoms with van der Waals surface area (Å²) in [5, 5.41) is 11.0. The third-order valence-electron chi connectivity index (χ3n) is 5.05. The summed E-state index contributed by atoms with van der Waals surface area (Å²) in [6.45, 7) is 2.51. The summed E-state index contributed by atoms with van der Waals surface area (Å²) in [6.07, 6.45) is 7.58. The van der Waals surface area contributed by atoms with Crippen molar-refractivity contribution in [3.63, 3.8) is 0 Å². The molecule has 1 N–H and O–H groups in total. The van der Waals surface area contributed by atoms with Gasteiger partial charge in [0.15, 0.2) is 0 Å². The summed E-state index contributed by atoms with van der Waals surface area (Å²) < 4.78 is 24.3. The Balaban J connectivity index is 1.60. The van der Waals surface area contributed by atoms with E-state index in [2.05, 4.69) is 4.90 Å². The second kappa shape index (κ2) is 8.28. The van der Waals surface area contributed by atoms with E-state index in [9.17, 15) is 9.50 Å². The molecule has 2 fully saturated rings. The SMILES string of the molecule is O[C@@]1(COc2ccc(F)cc2)COCCN(C2CCCCCC2)C1.